The number of carbonyl (C=O) groups excluding carboxylic acids is 1. The lowest BCUT2D eigenvalue weighted by molar-refractivity contribution is -0.142. The molecule has 0 saturated carbocycles. The lowest BCUT2D eigenvalue weighted by atomic mass is 9.98. The molecule has 0 aliphatic carbocycles. The SMILES string of the molecule is COC(=O)C1OC1(C)Cc1cccc(F)c1. The number of carbonyl (C=O) groups is 1. The number of hydrogen-bond donors (Lipinski definition) is 0. The zero-order valence-electron chi connectivity index (χ0n) is 9.20. The van der Waals surface area contributed by atoms with Crippen molar-refractivity contribution in [2.24, 2.45) is 0 Å². The zero-order valence-corrected chi connectivity index (χ0v) is 9.20. The molecule has 3 nitrogen and oxygen atoms in total. The molecule has 0 bridgehead atoms. The molecule has 2 unspecified atom stereocenters. The number of rotatable bonds is 3. The monoisotopic (exact) mass is 224 g/mol. The zero-order chi connectivity index (χ0) is 11.8. The van der Waals surface area contributed by atoms with E-state index >= 15 is 0 Å². The van der Waals surface area contributed by atoms with Crippen LogP contribution in [-0.2, 0) is 20.7 Å². The van der Waals surface area contributed by atoms with E-state index in [1.807, 2.05) is 13.0 Å². The van der Waals surface area contributed by atoms with Crippen molar-refractivity contribution in [2.75, 3.05) is 7.11 Å². The number of esters is 1. The standard InChI is InChI=1S/C12H13FO3/c1-12(10(16-12)11(14)15-2)7-8-4-3-5-9(13)6-8/h3-6,10H,7H2,1-2H3. The van der Waals surface area contributed by atoms with E-state index in [0.717, 1.165) is 5.56 Å². The Labute approximate surface area is 93.2 Å². The van der Waals surface area contributed by atoms with Gasteiger partial charge in [-0.25, -0.2) is 9.18 Å². The molecule has 86 valence electrons. The second kappa shape index (κ2) is 3.87. The van der Waals surface area contributed by atoms with E-state index in [2.05, 4.69) is 4.74 Å². The lowest BCUT2D eigenvalue weighted by Crippen LogP contribution is -2.21. The van der Waals surface area contributed by atoms with Crippen molar-refractivity contribution in [3.05, 3.63) is 35.6 Å². The molecular weight excluding hydrogens is 211 g/mol. The van der Waals surface area contributed by atoms with Crippen molar-refractivity contribution >= 4 is 5.97 Å². The summed E-state index contributed by atoms with van der Waals surface area (Å²) < 4.78 is 22.8. The molecule has 0 amide bonds. The molecule has 0 aromatic heterocycles. The van der Waals surface area contributed by atoms with Crippen LogP contribution in [0.5, 0.6) is 0 Å². The molecular formula is C12H13FO3. The second-order valence-electron chi connectivity index (χ2n) is 4.14. The van der Waals surface area contributed by atoms with Gasteiger partial charge in [0.15, 0.2) is 6.10 Å². The van der Waals surface area contributed by atoms with Gasteiger partial charge in [-0.3, -0.25) is 0 Å². The third kappa shape index (κ3) is 2.07. The van der Waals surface area contributed by atoms with Crippen molar-refractivity contribution in [1.29, 1.82) is 0 Å². The molecule has 1 aliphatic heterocycles. The number of halogens is 1. The first-order valence-corrected chi connectivity index (χ1v) is 5.05. The van der Waals surface area contributed by atoms with E-state index in [-0.39, 0.29) is 11.8 Å². The van der Waals surface area contributed by atoms with E-state index in [9.17, 15) is 9.18 Å². The summed E-state index contributed by atoms with van der Waals surface area (Å²) in [6.45, 7) is 1.82. The molecule has 1 saturated heterocycles. The summed E-state index contributed by atoms with van der Waals surface area (Å²) in [6.07, 6.45) is -0.0226. The lowest BCUT2D eigenvalue weighted by Gasteiger charge is -2.05. The molecule has 2 rings (SSSR count). The normalized spacial score (nSPS) is 27.6. The summed E-state index contributed by atoms with van der Waals surface area (Å²) in [6, 6.07) is 6.28. The minimum Gasteiger partial charge on any atom is -0.467 e. The summed E-state index contributed by atoms with van der Waals surface area (Å²) >= 11 is 0. The first kappa shape index (κ1) is 11.1. The van der Waals surface area contributed by atoms with Crippen LogP contribution in [0.3, 0.4) is 0 Å². The highest BCUT2D eigenvalue weighted by Gasteiger charge is 2.57. The molecule has 0 spiro atoms. The van der Waals surface area contributed by atoms with Crippen molar-refractivity contribution in [3.63, 3.8) is 0 Å². The molecule has 1 aromatic rings. The molecule has 1 fully saturated rings. The van der Waals surface area contributed by atoms with Gasteiger partial charge in [-0.05, 0) is 24.6 Å². The molecule has 1 aromatic carbocycles. The van der Waals surface area contributed by atoms with Gasteiger partial charge in [0, 0.05) is 6.42 Å². The van der Waals surface area contributed by atoms with Gasteiger partial charge in [-0.2, -0.15) is 0 Å². The van der Waals surface area contributed by atoms with Crippen molar-refractivity contribution in [1.82, 2.24) is 0 Å². The third-order valence-corrected chi connectivity index (χ3v) is 2.74. The average Bonchev–Trinajstić information content (AvgIpc) is 2.89. The predicted molar refractivity (Wildman–Crippen MR) is 55.4 cm³/mol. The Morgan fingerprint density at radius 3 is 3.00 bits per heavy atom. The maximum Gasteiger partial charge on any atom is 0.338 e. The summed E-state index contributed by atoms with van der Waals surface area (Å²) in [5.41, 5.74) is 0.259. The van der Waals surface area contributed by atoms with Gasteiger partial charge in [-0.1, -0.05) is 12.1 Å². The molecule has 0 N–H and O–H groups in total. The van der Waals surface area contributed by atoms with E-state index in [1.54, 1.807) is 6.07 Å². The first-order valence-electron chi connectivity index (χ1n) is 5.05. The van der Waals surface area contributed by atoms with Gasteiger partial charge in [0.05, 0.1) is 7.11 Å². The summed E-state index contributed by atoms with van der Waals surface area (Å²) in [5.74, 6) is -0.657. The second-order valence-corrected chi connectivity index (χ2v) is 4.14. The van der Waals surface area contributed by atoms with Crippen LogP contribution >= 0.6 is 0 Å². The van der Waals surface area contributed by atoms with Crippen LogP contribution in [-0.4, -0.2) is 24.8 Å². The van der Waals surface area contributed by atoms with E-state index in [1.165, 1.54) is 19.2 Å². The number of epoxide rings is 1. The smallest absolute Gasteiger partial charge is 0.338 e. The highest BCUT2D eigenvalue weighted by molar-refractivity contribution is 5.79. The quantitative estimate of drug-likeness (QED) is 0.579. The highest BCUT2D eigenvalue weighted by Crippen LogP contribution is 2.39. The Morgan fingerprint density at radius 2 is 2.38 bits per heavy atom. The van der Waals surface area contributed by atoms with Crippen LogP contribution in [0, 0.1) is 5.82 Å². The van der Waals surface area contributed by atoms with Crippen LogP contribution < -0.4 is 0 Å². The Kier molecular flexibility index (Phi) is 2.68. The van der Waals surface area contributed by atoms with Gasteiger partial charge < -0.3 is 9.47 Å². The number of hydrogen-bond acceptors (Lipinski definition) is 3. The number of benzene rings is 1. The van der Waals surface area contributed by atoms with Gasteiger partial charge in [0.1, 0.15) is 11.4 Å². The molecule has 16 heavy (non-hydrogen) atoms. The van der Waals surface area contributed by atoms with Crippen LogP contribution in [0.25, 0.3) is 0 Å². The Bertz CT molecular complexity index is 418. The Morgan fingerprint density at radius 1 is 1.62 bits per heavy atom. The number of methoxy groups -OCH3 is 1. The van der Waals surface area contributed by atoms with Gasteiger partial charge in [0.25, 0.3) is 0 Å². The van der Waals surface area contributed by atoms with E-state index < -0.39 is 11.7 Å². The van der Waals surface area contributed by atoms with Gasteiger partial charge in [0.2, 0.25) is 0 Å². The van der Waals surface area contributed by atoms with Crippen molar-refractivity contribution < 1.29 is 18.7 Å². The highest BCUT2D eigenvalue weighted by atomic mass is 19.1. The van der Waals surface area contributed by atoms with Crippen LogP contribution in [0.1, 0.15) is 12.5 Å². The summed E-state index contributed by atoms with van der Waals surface area (Å²) in [7, 11) is 1.33. The minimum atomic E-state index is -0.555. The molecule has 1 heterocycles. The topological polar surface area (TPSA) is 38.8 Å². The summed E-state index contributed by atoms with van der Waals surface area (Å²) in [5, 5.41) is 0. The molecule has 0 radical (unpaired) electrons. The largest absolute Gasteiger partial charge is 0.467 e. The van der Waals surface area contributed by atoms with Crippen molar-refractivity contribution in [3.8, 4) is 0 Å². The third-order valence-electron chi connectivity index (χ3n) is 2.74. The predicted octanol–water partition coefficient (Wildman–Crippen LogP) is 1.70. The Hall–Kier alpha value is -1.42. The van der Waals surface area contributed by atoms with Gasteiger partial charge >= 0.3 is 5.97 Å². The minimum absolute atomic E-state index is 0.281. The molecule has 4 heteroatoms. The molecule has 1 aliphatic rings. The number of ether oxygens (including phenoxy) is 2. The first-order chi connectivity index (χ1) is 7.55. The van der Waals surface area contributed by atoms with Crippen LogP contribution in [0.15, 0.2) is 24.3 Å². The van der Waals surface area contributed by atoms with Crippen LogP contribution in [0.4, 0.5) is 4.39 Å². The maximum atomic E-state index is 13.0. The molecule has 2 atom stereocenters. The Balaban J connectivity index is 2.04. The summed E-state index contributed by atoms with van der Waals surface area (Å²) in [4.78, 5) is 11.2. The fourth-order valence-corrected chi connectivity index (χ4v) is 1.83. The maximum absolute atomic E-state index is 13.0. The average molecular weight is 224 g/mol. The fourth-order valence-electron chi connectivity index (χ4n) is 1.83. The fraction of sp³-hybridized carbons (Fsp3) is 0.417. The van der Waals surface area contributed by atoms with E-state index in [4.69, 9.17) is 4.74 Å². The van der Waals surface area contributed by atoms with Crippen molar-refractivity contribution in [2.45, 2.75) is 25.0 Å². The van der Waals surface area contributed by atoms with Gasteiger partial charge in [-0.15, -0.1) is 0 Å². The van der Waals surface area contributed by atoms with E-state index in [0.29, 0.717) is 6.42 Å². The van der Waals surface area contributed by atoms with Crippen LogP contribution in [0.2, 0.25) is 0 Å².